The van der Waals surface area contributed by atoms with Gasteiger partial charge in [0, 0.05) is 18.7 Å². The molecular formula is C21H31NO3S. The van der Waals surface area contributed by atoms with Crippen LogP contribution in [0.25, 0.3) is 0 Å². The summed E-state index contributed by atoms with van der Waals surface area (Å²) in [5.41, 5.74) is 1.46. The molecule has 1 atom stereocenters. The molecule has 5 aliphatic rings. The van der Waals surface area contributed by atoms with Crippen LogP contribution in [0.4, 0.5) is 0 Å². The lowest BCUT2D eigenvalue weighted by Gasteiger charge is -2.57. The predicted molar refractivity (Wildman–Crippen MR) is 103 cm³/mol. The Bertz CT molecular complexity index is 701. The van der Waals surface area contributed by atoms with Crippen LogP contribution in [0.2, 0.25) is 0 Å². The monoisotopic (exact) mass is 377 g/mol. The Morgan fingerprint density at radius 3 is 2.19 bits per heavy atom. The van der Waals surface area contributed by atoms with Crippen LogP contribution in [0, 0.1) is 23.2 Å². The largest absolute Gasteiger partial charge is 0.331 e. The third-order valence-electron chi connectivity index (χ3n) is 7.47. The zero-order valence-electron chi connectivity index (χ0n) is 15.8. The number of allylic oxidation sites excluding steroid dienone is 1. The summed E-state index contributed by atoms with van der Waals surface area (Å²) in [6.07, 6.45) is 12.0. The Balaban J connectivity index is 1.54. The molecule has 0 unspecified atom stereocenters. The van der Waals surface area contributed by atoms with Crippen molar-refractivity contribution in [2.24, 2.45) is 23.2 Å². The lowest BCUT2D eigenvalue weighted by atomic mass is 9.48. The van der Waals surface area contributed by atoms with Crippen LogP contribution in [-0.2, 0) is 14.6 Å². The summed E-state index contributed by atoms with van der Waals surface area (Å²) in [5, 5.41) is 0. The SMILES string of the molecule is C=CCN(C(=O)/C=C(\C)C12CC3CC(CC(C3)C1)C2)[C@H]1CCS(=O)(=O)C1. The Morgan fingerprint density at radius 2 is 1.73 bits per heavy atom. The van der Waals surface area contributed by atoms with Crippen molar-refractivity contribution in [1.29, 1.82) is 0 Å². The number of rotatable bonds is 5. The van der Waals surface area contributed by atoms with E-state index in [2.05, 4.69) is 13.5 Å². The molecule has 144 valence electrons. The van der Waals surface area contributed by atoms with Crippen molar-refractivity contribution in [2.75, 3.05) is 18.1 Å². The zero-order chi connectivity index (χ0) is 18.5. The molecule has 0 aromatic carbocycles. The molecule has 1 amide bonds. The van der Waals surface area contributed by atoms with E-state index in [1.165, 1.54) is 44.1 Å². The highest BCUT2D eigenvalue weighted by atomic mass is 32.2. The maximum Gasteiger partial charge on any atom is 0.247 e. The molecule has 5 rings (SSSR count). The van der Waals surface area contributed by atoms with Crippen LogP contribution in [0.15, 0.2) is 24.3 Å². The molecule has 1 saturated heterocycles. The molecule has 4 saturated carbocycles. The Labute approximate surface area is 157 Å². The molecule has 0 aromatic heterocycles. The summed E-state index contributed by atoms with van der Waals surface area (Å²) in [6.45, 7) is 6.32. The third-order valence-corrected chi connectivity index (χ3v) is 9.22. The van der Waals surface area contributed by atoms with Gasteiger partial charge in [0.2, 0.25) is 5.91 Å². The summed E-state index contributed by atoms with van der Waals surface area (Å²) < 4.78 is 23.7. The van der Waals surface area contributed by atoms with Gasteiger partial charge in [-0.15, -0.1) is 6.58 Å². The van der Waals surface area contributed by atoms with Crippen LogP contribution in [0.5, 0.6) is 0 Å². The van der Waals surface area contributed by atoms with E-state index >= 15 is 0 Å². The molecule has 5 fully saturated rings. The van der Waals surface area contributed by atoms with Gasteiger partial charge in [-0.05, 0) is 75.0 Å². The van der Waals surface area contributed by atoms with Gasteiger partial charge in [-0.25, -0.2) is 8.42 Å². The van der Waals surface area contributed by atoms with Gasteiger partial charge in [-0.2, -0.15) is 0 Å². The molecule has 0 radical (unpaired) electrons. The standard InChI is InChI=1S/C21H31NO3S/c1-3-5-22(19-4-6-26(24,25)14-19)20(23)7-15(2)21-11-16-8-17(12-21)10-18(9-16)13-21/h3,7,16-19H,1,4-6,8-14H2,2H3/b15-7+/t16?,17?,18?,19-,21?/m0/s1. The molecule has 0 N–H and O–H groups in total. The fourth-order valence-corrected chi connectivity index (χ4v) is 8.32. The normalized spacial score (nSPS) is 40.6. The summed E-state index contributed by atoms with van der Waals surface area (Å²) >= 11 is 0. The van der Waals surface area contributed by atoms with E-state index in [1.807, 2.05) is 6.08 Å². The van der Waals surface area contributed by atoms with Gasteiger partial charge in [-0.1, -0.05) is 11.6 Å². The first-order chi connectivity index (χ1) is 12.3. The van der Waals surface area contributed by atoms with Crippen molar-refractivity contribution < 1.29 is 13.2 Å². The molecule has 1 aliphatic heterocycles. The van der Waals surface area contributed by atoms with E-state index in [0.29, 0.717) is 13.0 Å². The molecule has 1 heterocycles. The second-order valence-corrected chi connectivity index (χ2v) is 11.6. The lowest BCUT2D eigenvalue weighted by molar-refractivity contribution is -0.127. The lowest BCUT2D eigenvalue weighted by Crippen LogP contribution is -2.47. The number of sulfone groups is 1. The van der Waals surface area contributed by atoms with E-state index in [-0.39, 0.29) is 28.9 Å². The first-order valence-electron chi connectivity index (χ1n) is 10.1. The maximum atomic E-state index is 13.0. The zero-order valence-corrected chi connectivity index (χ0v) is 16.6. The number of hydrogen-bond donors (Lipinski definition) is 0. The third kappa shape index (κ3) is 3.28. The average Bonchev–Trinajstić information content (AvgIpc) is 2.90. The van der Waals surface area contributed by atoms with Crippen molar-refractivity contribution in [3.05, 3.63) is 24.3 Å². The smallest absolute Gasteiger partial charge is 0.247 e. The second-order valence-electron chi connectivity index (χ2n) is 9.36. The topological polar surface area (TPSA) is 54.5 Å². The van der Waals surface area contributed by atoms with Gasteiger partial charge in [0.15, 0.2) is 9.84 Å². The predicted octanol–water partition coefficient (Wildman–Crippen LogP) is 3.35. The maximum absolute atomic E-state index is 13.0. The van der Waals surface area contributed by atoms with Crippen molar-refractivity contribution in [3.8, 4) is 0 Å². The Hall–Kier alpha value is -1.10. The van der Waals surface area contributed by atoms with Crippen molar-refractivity contribution in [3.63, 3.8) is 0 Å². The van der Waals surface area contributed by atoms with E-state index < -0.39 is 9.84 Å². The van der Waals surface area contributed by atoms with Gasteiger partial charge in [0.1, 0.15) is 0 Å². The summed E-state index contributed by atoms with van der Waals surface area (Å²) in [7, 11) is -3.01. The van der Waals surface area contributed by atoms with Gasteiger partial charge in [-0.3, -0.25) is 4.79 Å². The van der Waals surface area contributed by atoms with E-state index in [1.54, 1.807) is 11.0 Å². The fourth-order valence-electron chi connectivity index (χ4n) is 6.59. The van der Waals surface area contributed by atoms with Crippen LogP contribution >= 0.6 is 0 Å². The highest BCUT2D eigenvalue weighted by Gasteiger charge is 2.51. The van der Waals surface area contributed by atoms with Crippen LogP contribution < -0.4 is 0 Å². The highest BCUT2D eigenvalue weighted by Crippen LogP contribution is 2.62. The molecule has 0 aromatic rings. The van der Waals surface area contributed by atoms with E-state index in [0.717, 1.165) is 17.8 Å². The molecular weight excluding hydrogens is 346 g/mol. The number of amides is 1. The number of hydrogen-bond acceptors (Lipinski definition) is 3. The molecule has 0 spiro atoms. The molecule has 4 nitrogen and oxygen atoms in total. The van der Waals surface area contributed by atoms with Crippen LogP contribution in [0.1, 0.15) is 51.9 Å². The molecule has 26 heavy (non-hydrogen) atoms. The Kier molecular flexibility index (Phi) is 4.57. The van der Waals surface area contributed by atoms with Crippen LogP contribution in [-0.4, -0.2) is 43.3 Å². The van der Waals surface area contributed by atoms with Crippen LogP contribution in [0.3, 0.4) is 0 Å². The van der Waals surface area contributed by atoms with Crippen molar-refractivity contribution >= 4 is 15.7 Å². The van der Waals surface area contributed by atoms with E-state index in [4.69, 9.17) is 0 Å². The molecule has 4 aliphatic carbocycles. The summed E-state index contributed by atoms with van der Waals surface area (Å²) in [4.78, 5) is 14.8. The van der Waals surface area contributed by atoms with Gasteiger partial charge in [0.05, 0.1) is 11.5 Å². The van der Waals surface area contributed by atoms with E-state index in [9.17, 15) is 13.2 Å². The average molecular weight is 378 g/mol. The minimum Gasteiger partial charge on any atom is -0.331 e. The van der Waals surface area contributed by atoms with Crippen molar-refractivity contribution in [2.45, 2.75) is 57.9 Å². The number of nitrogens with zero attached hydrogens (tertiary/aromatic N) is 1. The summed E-state index contributed by atoms with van der Waals surface area (Å²) in [5.74, 6) is 2.81. The first kappa shape index (κ1) is 18.3. The number of carbonyl (C=O) groups excluding carboxylic acids is 1. The van der Waals surface area contributed by atoms with Gasteiger partial charge >= 0.3 is 0 Å². The van der Waals surface area contributed by atoms with Gasteiger partial charge < -0.3 is 4.90 Å². The first-order valence-corrected chi connectivity index (χ1v) is 11.9. The molecule has 5 heteroatoms. The fraction of sp³-hybridized carbons (Fsp3) is 0.762. The Morgan fingerprint density at radius 1 is 1.15 bits per heavy atom. The summed E-state index contributed by atoms with van der Waals surface area (Å²) in [6, 6.07) is -0.203. The second kappa shape index (κ2) is 6.50. The highest BCUT2D eigenvalue weighted by molar-refractivity contribution is 7.91. The molecule has 4 bridgehead atoms. The number of carbonyl (C=O) groups is 1. The van der Waals surface area contributed by atoms with Crippen molar-refractivity contribution in [1.82, 2.24) is 4.90 Å². The quantitative estimate of drug-likeness (QED) is 0.545. The minimum atomic E-state index is -3.01. The van der Waals surface area contributed by atoms with Gasteiger partial charge in [0.25, 0.3) is 0 Å². The minimum absolute atomic E-state index is 0.0276.